The molecule has 0 atom stereocenters. The highest BCUT2D eigenvalue weighted by atomic mass is 79.9. The van der Waals surface area contributed by atoms with Gasteiger partial charge in [0, 0.05) is 16.3 Å². The van der Waals surface area contributed by atoms with Gasteiger partial charge in [0.15, 0.2) is 5.16 Å². The molecule has 1 aromatic heterocycles. The van der Waals surface area contributed by atoms with Crippen LogP contribution in [-0.2, 0) is 5.75 Å². The maximum absolute atomic E-state index is 11.6. The summed E-state index contributed by atoms with van der Waals surface area (Å²) in [5.41, 5.74) is 1.04. The number of hydrogen-bond acceptors (Lipinski definition) is 3. The average molecular weight is 328 g/mol. The molecule has 2 rings (SSSR count). The van der Waals surface area contributed by atoms with Gasteiger partial charge in [-0.25, -0.2) is 9.89 Å². The molecular weight excluding hydrogens is 314 g/mol. The normalized spacial score (nSPS) is 11.1. The van der Waals surface area contributed by atoms with E-state index in [4.69, 9.17) is 0 Å². The number of benzene rings is 1. The van der Waals surface area contributed by atoms with Crippen LogP contribution >= 0.6 is 27.7 Å². The van der Waals surface area contributed by atoms with Crippen molar-refractivity contribution in [1.29, 1.82) is 0 Å². The Morgan fingerprint density at radius 2 is 2.17 bits per heavy atom. The lowest BCUT2D eigenvalue weighted by molar-refractivity contribution is 0.534. The molecule has 4 nitrogen and oxygen atoms in total. The Balaban J connectivity index is 2.16. The van der Waals surface area contributed by atoms with Gasteiger partial charge in [-0.3, -0.25) is 4.57 Å². The standard InChI is InChI=1S/C12H14BrN3OS/c1-8(2)16-11(17)14-15-12(16)18-7-9-5-3-4-6-10(9)13/h3-6,8H,7H2,1-2H3,(H,14,17). The number of aromatic nitrogens is 3. The number of H-pyrrole nitrogens is 1. The van der Waals surface area contributed by atoms with Crippen molar-refractivity contribution in [3.63, 3.8) is 0 Å². The van der Waals surface area contributed by atoms with Crippen LogP contribution in [0.25, 0.3) is 0 Å². The molecule has 0 aliphatic heterocycles. The van der Waals surface area contributed by atoms with E-state index in [-0.39, 0.29) is 11.7 Å². The van der Waals surface area contributed by atoms with Crippen molar-refractivity contribution >= 4 is 27.7 Å². The molecule has 18 heavy (non-hydrogen) atoms. The van der Waals surface area contributed by atoms with E-state index in [1.54, 1.807) is 16.3 Å². The predicted molar refractivity (Wildman–Crippen MR) is 76.9 cm³/mol. The van der Waals surface area contributed by atoms with Gasteiger partial charge in [-0.05, 0) is 25.5 Å². The first kappa shape index (κ1) is 13.4. The van der Waals surface area contributed by atoms with E-state index in [1.165, 1.54) is 5.56 Å². The lowest BCUT2D eigenvalue weighted by atomic mass is 10.2. The summed E-state index contributed by atoms with van der Waals surface area (Å²) in [5, 5.41) is 7.28. The Labute approximate surface area is 118 Å². The molecule has 2 aromatic rings. The van der Waals surface area contributed by atoms with E-state index in [0.717, 1.165) is 15.4 Å². The van der Waals surface area contributed by atoms with Gasteiger partial charge in [0.1, 0.15) is 0 Å². The number of hydrogen-bond donors (Lipinski definition) is 1. The Kier molecular flexibility index (Phi) is 4.29. The number of nitrogens with one attached hydrogen (secondary N) is 1. The molecule has 0 amide bonds. The van der Waals surface area contributed by atoms with Crippen LogP contribution in [0.2, 0.25) is 0 Å². The van der Waals surface area contributed by atoms with Crippen LogP contribution in [0.5, 0.6) is 0 Å². The summed E-state index contributed by atoms with van der Waals surface area (Å²) in [7, 11) is 0. The molecule has 0 saturated carbocycles. The SMILES string of the molecule is CC(C)n1c(SCc2ccccc2Br)n[nH]c1=O. The van der Waals surface area contributed by atoms with E-state index in [9.17, 15) is 4.79 Å². The van der Waals surface area contributed by atoms with Gasteiger partial charge in [-0.2, -0.15) is 0 Å². The number of aromatic amines is 1. The Morgan fingerprint density at radius 3 is 2.83 bits per heavy atom. The van der Waals surface area contributed by atoms with Crippen LogP contribution in [0.15, 0.2) is 38.7 Å². The summed E-state index contributed by atoms with van der Waals surface area (Å²) >= 11 is 5.07. The highest BCUT2D eigenvalue weighted by Crippen LogP contribution is 2.25. The molecule has 6 heteroatoms. The second kappa shape index (κ2) is 5.75. The van der Waals surface area contributed by atoms with E-state index >= 15 is 0 Å². The lowest BCUT2D eigenvalue weighted by Gasteiger charge is -2.08. The summed E-state index contributed by atoms with van der Waals surface area (Å²) in [4.78, 5) is 11.6. The van der Waals surface area contributed by atoms with Crippen LogP contribution in [0.3, 0.4) is 0 Å². The Morgan fingerprint density at radius 1 is 1.44 bits per heavy atom. The second-order valence-electron chi connectivity index (χ2n) is 4.16. The van der Waals surface area contributed by atoms with Gasteiger partial charge in [-0.1, -0.05) is 45.9 Å². The van der Waals surface area contributed by atoms with Crippen LogP contribution in [0.4, 0.5) is 0 Å². The van der Waals surface area contributed by atoms with E-state index in [1.807, 2.05) is 32.0 Å². The maximum Gasteiger partial charge on any atom is 0.344 e. The van der Waals surface area contributed by atoms with Crippen molar-refractivity contribution in [1.82, 2.24) is 14.8 Å². The molecule has 0 aliphatic rings. The Bertz CT molecular complexity index is 591. The molecule has 1 heterocycles. The van der Waals surface area contributed by atoms with Gasteiger partial charge < -0.3 is 0 Å². The van der Waals surface area contributed by atoms with Crippen LogP contribution in [0.1, 0.15) is 25.5 Å². The first-order valence-electron chi connectivity index (χ1n) is 5.62. The zero-order valence-electron chi connectivity index (χ0n) is 10.2. The summed E-state index contributed by atoms with van der Waals surface area (Å²) in [6.07, 6.45) is 0. The van der Waals surface area contributed by atoms with E-state index < -0.39 is 0 Å². The number of rotatable bonds is 4. The fourth-order valence-electron chi connectivity index (χ4n) is 1.61. The minimum absolute atomic E-state index is 0.109. The summed E-state index contributed by atoms with van der Waals surface area (Å²) in [6, 6.07) is 8.16. The van der Waals surface area contributed by atoms with Crippen LogP contribution in [0, 0.1) is 0 Å². The monoisotopic (exact) mass is 327 g/mol. The highest BCUT2D eigenvalue weighted by molar-refractivity contribution is 9.10. The summed E-state index contributed by atoms with van der Waals surface area (Å²) < 4.78 is 2.74. The van der Waals surface area contributed by atoms with Crippen molar-refractivity contribution in [3.8, 4) is 0 Å². The molecule has 0 bridgehead atoms. The minimum Gasteiger partial charge on any atom is -0.268 e. The third-order valence-corrected chi connectivity index (χ3v) is 4.28. The van der Waals surface area contributed by atoms with Gasteiger partial charge in [0.25, 0.3) is 0 Å². The number of halogens is 1. The van der Waals surface area contributed by atoms with Crippen molar-refractivity contribution in [2.75, 3.05) is 0 Å². The lowest BCUT2D eigenvalue weighted by Crippen LogP contribution is -2.19. The molecule has 0 spiro atoms. The zero-order chi connectivity index (χ0) is 13.1. The first-order valence-corrected chi connectivity index (χ1v) is 7.40. The second-order valence-corrected chi connectivity index (χ2v) is 5.95. The summed E-state index contributed by atoms with van der Waals surface area (Å²) in [5.74, 6) is 0.776. The fraction of sp³-hybridized carbons (Fsp3) is 0.333. The van der Waals surface area contributed by atoms with Gasteiger partial charge in [0.05, 0.1) is 0 Å². The van der Waals surface area contributed by atoms with Crippen LogP contribution < -0.4 is 5.69 Å². The molecule has 1 aromatic carbocycles. The third kappa shape index (κ3) is 2.87. The van der Waals surface area contributed by atoms with Crippen molar-refractivity contribution in [2.24, 2.45) is 0 Å². The quantitative estimate of drug-likeness (QED) is 0.877. The molecule has 0 unspecified atom stereocenters. The topological polar surface area (TPSA) is 50.7 Å². The molecule has 1 N–H and O–H groups in total. The van der Waals surface area contributed by atoms with Gasteiger partial charge >= 0.3 is 5.69 Å². The molecule has 0 fully saturated rings. The molecule has 0 saturated heterocycles. The van der Waals surface area contributed by atoms with E-state index in [0.29, 0.717) is 0 Å². The van der Waals surface area contributed by atoms with Crippen molar-refractivity contribution in [2.45, 2.75) is 30.8 Å². The van der Waals surface area contributed by atoms with Crippen LogP contribution in [-0.4, -0.2) is 14.8 Å². The predicted octanol–water partition coefficient (Wildman–Crippen LogP) is 3.21. The molecular formula is C12H14BrN3OS. The van der Waals surface area contributed by atoms with E-state index in [2.05, 4.69) is 32.2 Å². The largest absolute Gasteiger partial charge is 0.344 e. The highest BCUT2D eigenvalue weighted by Gasteiger charge is 2.12. The fourth-order valence-corrected chi connectivity index (χ4v) is 3.30. The van der Waals surface area contributed by atoms with Gasteiger partial charge in [-0.15, -0.1) is 5.10 Å². The molecule has 0 aliphatic carbocycles. The maximum atomic E-state index is 11.6. The smallest absolute Gasteiger partial charge is 0.268 e. The summed E-state index contributed by atoms with van der Waals surface area (Å²) in [6.45, 7) is 3.94. The number of nitrogens with zero attached hydrogens (tertiary/aromatic N) is 2. The third-order valence-electron chi connectivity index (χ3n) is 2.50. The van der Waals surface area contributed by atoms with Crippen molar-refractivity contribution in [3.05, 3.63) is 44.8 Å². The van der Waals surface area contributed by atoms with Gasteiger partial charge in [0.2, 0.25) is 0 Å². The minimum atomic E-state index is -0.153. The molecule has 96 valence electrons. The Hall–Kier alpha value is -1.01. The van der Waals surface area contributed by atoms with Crippen molar-refractivity contribution < 1.29 is 0 Å². The molecule has 0 radical (unpaired) electrons. The average Bonchev–Trinajstić information content (AvgIpc) is 2.69. The first-order chi connectivity index (χ1) is 8.59. The zero-order valence-corrected chi connectivity index (χ0v) is 12.6. The number of thioether (sulfide) groups is 1.